The number of morpholine rings is 1. The van der Waals surface area contributed by atoms with E-state index in [9.17, 15) is 14.0 Å². The van der Waals surface area contributed by atoms with E-state index in [0.29, 0.717) is 17.2 Å². The fourth-order valence-electron chi connectivity index (χ4n) is 2.61. The number of aromatic nitrogens is 2. The Morgan fingerprint density at radius 1 is 1.28 bits per heavy atom. The molecule has 2 heterocycles. The van der Waals surface area contributed by atoms with Gasteiger partial charge in [0.05, 0.1) is 13.2 Å². The molecular weight excluding hydrogens is 401 g/mol. The summed E-state index contributed by atoms with van der Waals surface area (Å²) in [5.74, 6) is -1.15. The lowest BCUT2D eigenvalue weighted by atomic mass is 10.3. The summed E-state index contributed by atoms with van der Waals surface area (Å²) in [6.45, 7) is 4.48. The van der Waals surface area contributed by atoms with Crippen molar-refractivity contribution < 1.29 is 23.5 Å². The highest BCUT2D eigenvalue weighted by Crippen LogP contribution is 2.15. The van der Waals surface area contributed by atoms with Crippen LogP contribution >= 0.6 is 11.3 Å². The van der Waals surface area contributed by atoms with Gasteiger partial charge < -0.3 is 20.1 Å². The Balaban J connectivity index is 1.34. The molecule has 0 aliphatic carbocycles. The standard InChI is InChI=1S/C18H22FN5O4S/c19-13-2-1-3-14(10-13)21-17(26)18-23-22-16(29-18)12-28-11-15(25)20-4-5-24-6-8-27-9-7-24/h1-3,10H,4-9,11-12H2,(H,20,25)(H,21,26). The number of amides is 2. The van der Waals surface area contributed by atoms with Gasteiger partial charge in [-0.1, -0.05) is 17.4 Å². The van der Waals surface area contributed by atoms with Crippen LogP contribution in [0.15, 0.2) is 24.3 Å². The normalized spacial score (nSPS) is 14.5. The lowest BCUT2D eigenvalue weighted by molar-refractivity contribution is -0.126. The molecule has 29 heavy (non-hydrogen) atoms. The molecule has 0 saturated carbocycles. The van der Waals surface area contributed by atoms with Crippen LogP contribution in [0.3, 0.4) is 0 Å². The van der Waals surface area contributed by atoms with Crippen molar-refractivity contribution in [3.63, 3.8) is 0 Å². The number of anilines is 1. The van der Waals surface area contributed by atoms with Crippen molar-refractivity contribution in [2.75, 3.05) is 51.3 Å². The van der Waals surface area contributed by atoms with Crippen molar-refractivity contribution in [1.29, 1.82) is 0 Å². The minimum absolute atomic E-state index is 0.0712. The van der Waals surface area contributed by atoms with E-state index in [0.717, 1.165) is 44.2 Å². The molecule has 0 spiro atoms. The van der Waals surface area contributed by atoms with Crippen LogP contribution < -0.4 is 10.6 Å². The van der Waals surface area contributed by atoms with Crippen molar-refractivity contribution in [2.45, 2.75) is 6.61 Å². The first-order valence-electron chi connectivity index (χ1n) is 9.14. The Labute approximate surface area is 171 Å². The molecule has 2 amide bonds. The monoisotopic (exact) mass is 423 g/mol. The number of hydrogen-bond acceptors (Lipinski definition) is 8. The molecule has 1 aromatic heterocycles. The smallest absolute Gasteiger partial charge is 0.286 e. The molecule has 11 heteroatoms. The quantitative estimate of drug-likeness (QED) is 0.617. The van der Waals surface area contributed by atoms with Crippen molar-refractivity contribution in [1.82, 2.24) is 20.4 Å². The second kappa shape index (κ2) is 10.9. The summed E-state index contributed by atoms with van der Waals surface area (Å²) in [5, 5.41) is 13.6. The molecule has 1 aliphatic rings. The first-order chi connectivity index (χ1) is 14.1. The Morgan fingerprint density at radius 2 is 2.10 bits per heavy atom. The lowest BCUT2D eigenvalue weighted by Gasteiger charge is -2.26. The molecule has 1 saturated heterocycles. The SMILES string of the molecule is O=C(COCc1nnc(C(=O)Nc2cccc(F)c2)s1)NCCN1CCOCC1. The third-order valence-electron chi connectivity index (χ3n) is 4.06. The minimum Gasteiger partial charge on any atom is -0.379 e. The largest absolute Gasteiger partial charge is 0.379 e. The Bertz CT molecular complexity index is 828. The van der Waals surface area contributed by atoms with Crippen molar-refractivity contribution in [2.24, 2.45) is 0 Å². The Kier molecular flexibility index (Phi) is 7.99. The van der Waals surface area contributed by atoms with Crippen LogP contribution in [-0.2, 0) is 20.9 Å². The number of rotatable bonds is 9. The van der Waals surface area contributed by atoms with Crippen LogP contribution in [0.5, 0.6) is 0 Å². The van der Waals surface area contributed by atoms with E-state index in [1.54, 1.807) is 6.07 Å². The van der Waals surface area contributed by atoms with Gasteiger partial charge in [-0.15, -0.1) is 10.2 Å². The molecule has 0 atom stereocenters. The predicted octanol–water partition coefficient (Wildman–Crippen LogP) is 0.894. The highest BCUT2D eigenvalue weighted by molar-refractivity contribution is 7.13. The molecule has 156 valence electrons. The molecule has 0 radical (unpaired) electrons. The molecule has 1 aliphatic heterocycles. The Hall–Kier alpha value is -2.47. The maximum absolute atomic E-state index is 13.2. The molecule has 1 fully saturated rings. The summed E-state index contributed by atoms with van der Waals surface area (Å²) in [4.78, 5) is 26.2. The van der Waals surface area contributed by atoms with E-state index in [1.165, 1.54) is 18.2 Å². The van der Waals surface area contributed by atoms with Crippen LogP contribution in [0, 0.1) is 5.82 Å². The average molecular weight is 423 g/mol. The van der Waals surface area contributed by atoms with Crippen LogP contribution in [0.1, 0.15) is 14.8 Å². The molecule has 2 aromatic rings. The van der Waals surface area contributed by atoms with Crippen molar-refractivity contribution in [3.8, 4) is 0 Å². The molecule has 9 nitrogen and oxygen atoms in total. The first kappa shape index (κ1) is 21.2. The Morgan fingerprint density at radius 3 is 2.90 bits per heavy atom. The van der Waals surface area contributed by atoms with E-state index in [2.05, 4.69) is 25.7 Å². The predicted molar refractivity (Wildman–Crippen MR) is 104 cm³/mol. The fourth-order valence-corrected chi connectivity index (χ4v) is 3.29. The molecule has 0 bridgehead atoms. The van der Waals surface area contributed by atoms with Crippen LogP contribution in [0.4, 0.5) is 10.1 Å². The summed E-state index contributed by atoms with van der Waals surface area (Å²) >= 11 is 1.05. The summed E-state index contributed by atoms with van der Waals surface area (Å²) in [7, 11) is 0. The molecule has 2 N–H and O–H groups in total. The first-order valence-corrected chi connectivity index (χ1v) is 9.95. The van der Waals surface area contributed by atoms with E-state index in [4.69, 9.17) is 9.47 Å². The summed E-state index contributed by atoms with van der Waals surface area (Å²) < 4.78 is 23.8. The van der Waals surface area contributed by atoms with Gasteiger partial charge in [-0.3, -0.25) is 14.5 Å². The lowest BCUT2D eigenvalue weighted by Crippen LogP contribution is -2.41. The molecule has 0 unspecified atom stereocenters. The topological polar surface area (TPSA) is 106 Å². The third kappa shape index (κ3) is 7.13. The second-order valence-corrected chi connectivity index (χ2v) is 7.32. The van der Waals surface area contributed by atoms with Gasteiger partial charge in [0.25, 0.3) is 5.91 Å². The van der Waals surface area contributed by atoms with Gasteiger partial charge in [-0.2, -0.15) is 0 Å². The van der Waals surface area contributed by atoms with Gasteiger partial charge >= 0.3 is 0 Å². The van der Waals surface area contributed by atoms with E-state index in [1.807, 2.05) is 0 Å². The van der Waals surface area contributed by atoms with Gasteiger partial charge in [0.1, 0.15) is 24.0 Å². The van der Waals surface area contributed by atoms with E-state index in [-0.39, 0.29) is 24.1 Å². The van der Waals surface area contributed by atoms with E-state index >= 15 is 0 Å². The van der Waals surface area contributed by atoms with Gasteiger partial charge in [0, 0.05) is 31.9 Å². The number of hydrogen-bond donors (Lipinski definition) is 2. The van der Waals surface area contributed by atoms with Gasteiger partial charge in [0.2, 0.25) is 10.9 Å². The fraction of sp³-hybridized carbons (Fsp3) is 0.444. The zero-order valence-electron chi connectivity index (χ0n) is 15.7. The summed E-state index contributed by atoms with van der Waals surface area (Å²) in [5.41, 5.74) is 0.330. The highest BCUT2D eigenvalue weighted by Gasteiger charge is 2.14. The van der Waals surface area contributed by atoms with Crippen LogP contribution in [-0.4, -0.2) is 72.9 Å². The number of nitrogens with zero attached hydrogens (tertiary/aromatic N) is 3. The maximum atomic E-state index is 13.2. The highest BCUT2D eigenvalue weighted by atomic mass is 32.1. The minimum atomic E-state index is -0.486. The average Bonchev–Trinajstić information content (AvgIpc) is 3.18. The third-order valence-corrected chi connectivity index (χ3v) is 4.95. The number of carbonyl (C=O) groups is 2. The molecular formula is C18H22FN5O4S. The van der Waals surface area contributed by atoms with Gasteiger partial charge in [0.15, 0.2) is 0 Å². The second-order valence-electron chi connectivity index (χ2n) is 6.26. The van der Waals surface area contributed by atoms with Crippen LogP contribution in [0.25, 0.3) is 0 Å². The number of ether oxygens (including phenoxy) is 2. The van der Waals surface area contributed by atoms with Gasteiger partial charge in [-0.05, 0) is 18.2 Å². The van der Waals surface area contributed by atoms with Crippen molar-refractivity contribution >= 4 is 28.8 Å². The number of nitrogens with one attached hydrogen (secondary N) is 2. The van der Waals surface area contributed by atoms with E-state index < -0.39 is 11.7 Å². The molecule has 1 aromatic carbocycles. The maximum Gasteiger partial charge on any atom is 0.286 e. The summed E-state index contributed by atoms with van der Waals surface area (Å²) in [6.07, 6.45) is 0. The summed E-state index contributed by atoms with van der Waals surface area (Å²) in [6, 6.07) is 5.56. The number of carbonyl (C=O) groups excluding carboxylic acids is 2. The van der Waals surface area contributed by atoms with Crippen LogP contribution in [0.2, 0.25) is 0 Å². The number of benzene rings is 1. The van der Waals surface area contributed by atoms with Gasteiger partial charge in [-0.25, -0.2) is 4.39 Å². The zero-order valence-corrected chi connectivity index (χ0v) is 16.5. The zero-order chi connectivity index (χ0) is 20.5. The van der Waals surface area contributed by atoms with Crippen molar-refractivity contribution in [3.05, 3.63) is 40.1 Å². The molecule has 3 rings (SSSR count). The number of halogens is 1.